The van der Waals surface area contributed by atoms with Crippen LogP contribution in [0.25, 0.3) is 0 Å². The van der Waals surface area contributed by atoms with Crippen molar-refractivity contribution in [1.29, 1.82) is 0 Å². The minimum atomic E-state index is 0.173. The van der Waals surface area contributed by atoms with Gasteiger partial charge >= 0.3 is 0 Å². The Kier molecular flexibility index (Phi) is 4.96. The van der Waals surface area contributed by atoms with Crippen molar-refractivity contribution in [2.75, 3.05) is 6.54 Å². The number of furan rings is 1. The summed E-state index contributed by atoms with van der Waals surface area (Å²) in [4.78, 5) is 9.43. The fourth-order valence-corrected chi connectivity index (χ4v) is 3.14. The number of benzene rings is 1. The number of guanidine groups is 1. The van der Waals surface area contributed by atoms with Gasteiger partial charge in [-0.25, -0.2) is 4.99 Å². The van der Waals surface area contributed by atoms with Gasteiger partial charge in [0, 0.05) is 6.54 Å². The Morgan fingerprint density at radius 3 is 2.69 bits per heavy atom. The van der Waals surface area contributed by atoms with E-state index in [4.69, 9.17) is 9.41 Å². The fraction of sp³-hybridized carbons (Fsp3) is 0.238. The molecule has 0 amide bonds. The summed E-state index contributed by atoms with van der Waals surface area (Å²) in [6.45, 7) is 1.25. The molecule has 1 aromatic heterocycles. The summed E-state index contributed by atoms with van der Waals surface area (Å²) < 4.78 is 5.35. The molecule has 4 rings (SSSR count). The standard InChI is InChI=1S/C21H22N4O/c1-2-7-16(8-3-1)12-13-22-20-18-10-4-5-11-19(18)24-21(25-20)23-15-17-9-6-14-26-17/h1-11,14,18-19H,12-13,15H2,(H2,22,23,24,25). The van der Waals surface area contributed by atoms with E-state index in [2.05, 4.69) is 64.2 Å². The molecular formula is C21H22N4O. The van der Waals surface area contributed by atoms with Crippen LogP contribution in [0.5, 0.6) is 0 Å². The SMILES string of the molecule is C1=CC2NC(=NCc3ccco3)NC(=NCCc3ccccc3)C2C=C1. The van der Waals surface area contributed by atoms with Gasteiger partial charge < -0.3 is 15.1 Å². The van der Waals surface area contributed by atoms with Crippen LogP contribution in [0.2, 0.25) is 0 Å². The Bertz CT molecular complexity index is 834. The number of allylic oxidation sites excluding steroid dienone is 2. The van der Waals surface area contributed by atoms with Gasteiger partial charge in [0.05, 0.1) is 18.2 Å². The van der Waals surface area contributed by atoms with E-state index in [0.717, 1.165) is 30.5 Å². The van der Waals surface area contributed by atoms with Crippen molar-refractivity contribution in [1.82, 2.24) is 10.6 Å². The van der Waals surface area contributed by atoms with Crippen LogP contribution in [0.1, 0.15) is 11.3 Å². The summed E-state index contributed by atoms with van der Waals surface area (Å²) in [5, 5.41) is 6.80. The molecule has 2 aromatic rings. The molecule has 1 saturated heterocycles. The lowest BCUT2D eigenvalue weighted by molar-refractivity contribution is 0.510. The van der Waals surface area contributed by atoms with E-state index in [-0.39, 0.29) is 12.0 Å². The minimum absolute atomic E-state index is 0.173. The number of fused-ring (bicyclic) bond motifs is 1. The summed E-state index contributed by atoms with van der Waals surface area (Å²) in [5.74, 6) is 2.74. The maximum atomic E-state index is 5.35. The van der Waals surface area contributed by atoms with Crippen molar-refractivity contribution in [3.05, 3.63) is 84.4 Å². The molecule has 2 N–H and O–H groups in total. The number of hydrogen-bond donors (Lipinski definition) is 2. The molecular weight excluding hydrogens is 324 g/mol. The van der Waals surface area contributed by atoms with Crippen LogP contribution in [0.15, 0.2) is 87.4 Å². The Morgan fingerprint density at radius 1 is 0.962 bits per heavy atom. The number of hydrogen-bond acceptors (Lipinski definition) is 3. The van der Waals surface area contributed by atoms with Crippen LogP contribution in [-0.4, -0.2) is 24.4 Å². The molecule has 1 aliphatic carbocycles. The van der Waals surface area contributed by atoms with Gasteiger partial charge in [-0.1, -0.05) is 54.6 Å². The van der Waals surface area contributed by atoms with Gasteiger partial charge in [-0.05, 0) is 24.1 Å². The highest BCUT2D eigenvalue weighted by Crippen LogP contribution is 2.17. The highest BCUT2D eigenvalue weighted by atomic mass is 16.3. The van der Waals surface area contributed by atoms with Crippen molar-refractivity contribution in [2.45, 2.75) is 19.0 Å². The van der Waals surface area contributed by atoms with Gasteiger partial charge in [0.2, 0.25) is 0 Å². The molecule has 2 atom stereocenters. The van der Waals surface area contributed by atoms with Crippen LogP contribution in [0.3, 0.4) is 0 Å². The van der Waals surface area contributed by atoms with E-state index in [1.165, 1.54) is 5.56 Å². The predicted octanol–water partition coefficient (Wildman–Crippen LogP) is 3.08. The Balaban J connectivity index is 1.47. The zero-order chi connectivity index (χ0) is 17.6. The average molecular weight is 346 g/mol. The molecule has 132 valence electrons. The smallest absolute Gasteiger partial charge is 0.197 e. The molecule has 2 unspecified atom stereocenters. The molecule has 0 bridgehead atoms. The van der Waals surface area contributed by atoms with Crippen molar-refractivity contribution < 1.29 is 4.42 Å². The van der Waals surface area contributed by atoms with Crippen molar-refractivity contribution >= 4 is 11.8 Å². The lowest BCUT2D eigenvalue weighted by Crippen LogP contribution is -2.58. The molecule has 1 aliphatic heterocycles. The molecule has 1 fully saturated rings. The van der Waals surface area contributed by atoms with Gasteiger partial charge in [-0.2, -0.15) is 0 Å². The first-order valence-corrected chi connectivity index (χ1v) is 8.92. The van der Waals surface area contributed by atoms with Crippen LogP contribution in [0, 0.1) is 5.92 Å². The number of aliphatic imine (C=N–C) groups is 2. The minimum Gasteiger partial charge on any atom is -0.467 e. The fourth-order valence-electron chi connectivity index (χ4n) is 3.14. The van der Waals surface area contributed by atoms with Crippen LogP contribution >= 0.6 is 0 Å². The Labute approximate surface area is 153 Å². The monoisotopic (exact) mass is 346 g/mol. The van der Waals surface area contributed by atoms with Crippen LogP contribution in [-0.2, 0) is 13.0 Å². The second-order valence-electron chi connectivity index (χ2n) is 6.34. The molecule has 2 heterocycles. The topological polar surface area (TPSA) is 61.9 Å². The second-order valence-corrected chi connectivity index (χ2v) is 6.34. The van der Waals surface area contributed by atoms with Gasteiger partial charge in [0.25, 0.3) is 0 Å². The zero-order valence-corrected chi connectivity index (χ0v) is 14.5. The third-order valence-electron chi connectivity index (χ3n) is 4.50. The van der Waals surface area contributed by atoms with Gasteiger partial charge in [0.1, 0.15) is 18.1 Å². The molecule has 2 aliphatic rings. The number of nitrogens with zero attached hydrogens (tertiary/aromatic N) is 2. The highest BCUT2D eigenvalue weighted by molar-refractivity contribution is 6.04. The largest absolute Gasteiger partial charge is 0.467 e. The Morgan fingerprint density at radius 2 is 1.85 bits per heavy atom. The highest BCUT2D eigenvalue weighted by Gasteiger charge is 2.30. The first-order chi connectivity index (χ1) is 12.9. The first-order valence-electron chi connectivity index (χ1n) is 8.92. The Hall–Kier alpha value is -3.08. The second kappa shape index (κ2) is 7.87. The van der Waals surface area contributed by atoms with E-state index in [0.29, 0.717) is 6.54 Å². The first kappa shape index (κ1) is 16.4. The third kappa shape index (κ3) is 3.94. The molecule has 5 nitrogen and oxygen atoms in total. The van der Waals surface area contributed by atoms with Crippen LogP contribution < -0.4 is 10.6 Å². The summed E-state index contributed by atoms with van der Waals surface area (Å²) in [6, 6.07) is 14.4. The number of amidine groups is 1. The molecule has 0 radical (unpaired) electrons. The summed E-state index contributed by atoms with van der Waals surface area (Å²) >= 11 is 0. The van der Waals surface area contributed by atoms with Crippen molar-refractivity contribution in [3.63, 3.8) is 0 Å². The maximum Gasteiger partial charge on any atom is 0.197 e. The lowest BCUT2D eigenvalue weighted by Gasteiger charge is -2.34. The number of nitrogens with one attached hydrogen (secondary N) is 2. The third-order valence-corrected chi connectivity index (χ3v) is 4.50. The van der Waals surface area contributed by atoms with Crippen LogP contribution in [0.4, 0.5) is 0 Å². The molecule has 26 heavy (non-hydrogen) atoms. The summed E-state index contributed by atoms with van der Waals surface area (Å²) in [7, 11) is 0. The quantitative estimate of drug-likeness (QED) is 0.875. The van der Waals surface area contributed by atoms with E-state index >= 15 is 0 Å². The normalized spacial score (nSPS) is 24.3. The van der Waals surface area contributed by atoms with Gasteiger partial charge in [-0.15, -0.1) is 0 Å². The maximum absolute atomic E-state index is 5.35. The average Bonchev–Trinajstić information content (AvgIpc) is 3.21. The molecule has 1 aromatic carbocycles. The molecule has 5 heteroatoms. The van der Waals surface area contributed by atoms with E-state index in [9.17, 15) is 0 Å². The van der Waals surface area contributed by atoms with E-state index in [1.54, 1.807) is 6.26 Å². The van der Waals surface area contributed by atoms with Gasteiger partial charge in [0.15, 0.2) is 5.96 Å². The van der Waals surface area contributed by atoms with Gasteiger partial charge in [-0.3, -0.25) is 4.99 Å². The molecule has 0 spiro atoms. The zero-order valence-electron chi connectivity index (χ0n) is 14.5. The van der Waals surface area contributed by atoms with E-state index in [1.807, 2.05) is 18.2 Å². The number of rotatable bonds is 5. The van der Waals surface area contributed by atoms with E-state index < -0.39 is 0 Å². The van der Waals surface area contributed by atoms with Crippen molar-refractivity contribution in [2.24, 2.45) is 15.9 Å². The van der Waals surface area contributed by atoms with Crippen molar-refractivity contribution in [3.8, 4) is 0 Å². The summed E-state index contributed by atoms with van der Waals surface area (Å²) in [6.07, 6.45) is 11.1. The summed E-state index contributed by atoms with van der Waals surface area (Å²) in [5.41, 5.74) is 1.30. The lowest BCUT2D eigenvalue weighted by atomic mass is 9.92. The molecule has 0 saturated carbocycles. The predicted molar refractivity (Wildman–Crippen MR) is 104 cm³/mol.